The van der Waals surface area contributed by atoms with E-state index in [-0.39, 0.29) is 12.1 Å². The zero-order chi connectivity index (χ0) is 13.9. The van der Waals surface area contributed by atoms with Crippen molar-refractivity contribution in [3.05, 3.63) is 54.1 Å². The molecule has 2 aromatic carbocycles. The molecule has 2 aromatic rings. The van der Waals surface area contributed by atoms with E-state index in [4.69, 9.17) is 9.47 Å². The molecule has 1 N–H and O–H groups in total. The Hall–Kier alpha value is -2.00. The van der Waals surface area contributed by atoms with Crippen LogP contribution in [0.2, 0.25) is 0 Å². The van der Waals surface area contributed by atoms with Gasteiger partial charge in [0.05, 0.1) is 6.04 Å². The van der Waals surface area contributed by atoms with Crippen LogP contribution in [0.25, 0.3) is 0 Å². The third-order valence-corrected chi connectivity index (χ3v) is 3.50. The Morgan fingerprint density at radius 1 is 1.10 bits per heavy atom. The second-order valence-corrected chi connectivity index (χ2v) is 4.97. The highest BCUT2D eigenvalue weighted by Crippen LogP contribution is 2.39. The fourth-order valence-electron chi connectivity index (χ4n) is 2.58. The second-order valence-electron chi connectivity index (χ2n) is 4.97. The normalized spacial score (nSPS) is 20.3. The van der Waals surface area contributed by atoms with Crippen LogP contribution < -0.4 is 14.8 Å². The van der Waals surface area contributed by atoms with Crippen LogP contribution in [0.4, 0.5) is 0 Å². The topological polar surface area (TPSA) is 30.5 Å². The van der Waals surface area contributed by atoms with Gasteiger partial charge in [0, 0.05) is 5.56 Å². The molecule has 3 heteroatoms. The number of hydrogen-bond acceptors (Lipinski definition) is 3. The number of rotatable bonds is 4. The first-order valence-electron chi connectivity index (χ1n) is 7.05. The summed E-state index contributed by atoms with van der Waals surface area (Å²) < 4.78 is 11.7. The molecule has 3 rings (SSSR count). The molecule has 1 aliphatic heterocycles. The minimum absolute atomic E-state index is 0.150. The molecule has 0 bridgehead atoms. The van der Waals surface area contributed by atoms with Crippen LogP contribution in [0.5, 0.6) is 17.2 Å². The Kier molecular flexibility index (Phi) is 3.61. The molecule has 0 radical (unpaired) electrons. The van der Waals surface area contributed by atoms with Crippen molar-refractivity contribution in [3.8, 4) is 17.2 Å². The highest BCUT2D eigenvalue weighted by molar-refractivity contribution is 5.46. The molecule has 3 nitrogen and oxygen atoms in total. The lowest BCUT2D eigenvalue weighted by molar-refractivity contribution is 0.211. The molecule has 0 spiro atoms. The standard InChI is InChI=1S/C17H19NO2/c1-3-18-17-12(2)19-16-10-9-14(11-15(16)17)20-13-7-5-4-6-8-13/h4-12,17-18H,3H2,1-2H3. The van der Waals surface area contributed by atoms with E-state index >= 15 is 0 Å². The van der Waals surface area contributed by atoms with Gasteiger partial charge in [-0.25, -0.2) is 0 Å². The number of nitrogens with one attached hydrogen (secondary N) is 1. The molecule has 104 valence electrons. The SMILES string of the molecule is CCNC1c2cc(Oc3ccccc3)ccc2OC1C. The number of hydrogen-bond donors (Lipinski definition) is 1. The van der Waals surface area contributed by atoms with Gasteiger partial charge in [-0.2, -0.15) is 0 Å². The van der Waals surface area contributed by atoms with Crippen molar-refractivity contribution in [2.45, 2.75) is 26.0 Å². The van der Waals surface area contributed by atoms with Crippen molar-refractivity contribution in [3.63, 3.8) is 0 Å². The minimum Gasteiger partial charge on any atom is -0.488 e. The Bertz CT molecular complexity index is 583. The smallest absolute Gasteiger partial charge is 0.128 e. The van der Waals surface area contributed by atoms with E-state index < -0.39 is 0 Å². The second kappa shape index (κ2) is 5.55. The van der Waals surface area contributed by atoms with Crippen molar-refractivity contribution in [2.75, 3.05) is 6.54 Å². The van der Waals surface area contributed by atoms with Crippen molar-refractivity contribution < 1.29 is 9.47 Å². The molecule has 0 aromatic heterocycles. The monoisotopic (exact) mass is 269 g/mol. The van der Waals surface area contributed by atoms with E-state index in [9.17, 15) is 0 Å². The largest absolute Gasteiger partial charge is 0.488 e. The van der Waals surface area contributed by atoms with Gasteiger partial charge in [-0.15, -0.1) is 0 Å². The quantitative estimate of drug-likeness (QED) is 0.912. The lowest BCUT2D eigenvalue weighted by atomic mass is 10.0. The summed E-state index contributed by atoms with van der Waals surface area (Å²) in [5, 5.41) is 3.46. The zero-order valence-corrected chi connectivity index (χ0v) is 11.8. The first-order valence-corrected chi connectivity index (χ1v) is 7.05. The summed E-state index contributed by atoms with van der Waals surface area (Å²) in [4.78, 5) is 0. The van der Waals surface area contributed by atoms with E-state index in [0.29, 0.717) is 0 Å². The molecule has 2 atom stereocenters. The number of ether oxygens (including phenoxy) is 2. The predicted octanol–water partition coefficient (Wildman–Crippen LogP) is 3.91. The molecule has 0 fully saturated rings. The average molecular weight is 269 g/mol. The molecule has 0 saturated carbocycles. The van der Waals surface area contributed by atoms with Crippen molar-refractivity contribution in [1.29, 1.82) is 0 Å². The maximum atomic E-state index is 5.88. The molecule has 1 heterocycles. The van der Waals surface area contributed by atoms with Crippen LogP contribution in [0, 0.1) is 0 Å². The van der Waals surface area contributed by atoms with Crippen LogP contribution in [0.3, 0.4) is 0 Å². The Balaban J connectivity index is 1.86. The van der Waals surface area contributed by atoms with Crippen molar-refractivity contribution in [1.82, 2.24) is 5.32 Å². The van der Waals surface area contributed by atoms with E-state index in [2.05, 4.69) is 25.2 Å². The minimum atomic E-state index is 0.150. The zero-order valence-electron chi connectivity index (χ0n) is 11.8. The van der Waals surface area contributed by atoms with Gasteiger partial charge in [0.2, 0.25) is 0 Å². The van der Waals surface area contributed by atoms with E-state index in [1.165, 1.54) is 5.56 Å². The first kappa shape index (κ1) is 13.0. The summed E-state index contributed by atoms with van der Waals surface area (Å²) in [6.07, 6.45) is 0.150. The van der Waals surface area contributed by atoms with Crippen molar-refractivity contribution >= 4 is 0 Å². The van der Waals surface area contributed by atoms with Crippen LogP contribution in [0.15, 0.2) is 48.5 Å². The fraction of sp³-hybridized carbons (Fsp3) is 0.294. The fourth-order valence-corrected chi connectivity index (χ4v) is 2.58. The molecule has 20 heavy (non-hydrogen) atoms. The summed E-state index contributed by atoms with van der Waals surface area (Å²) in [5.41, 5.74) is 1.17. The Labute approximate surface area is 119 Å². The van der Waals surface area contributed by atoms with Gasteiger partial charge in [0.1, 0.15) is 23.4 Å². The van der Waals surface area contributed by atoms with Crippen LogP contribution in [-0.2, 0) is 0 Å². The molecule has 0 aliphatic carbocycles. The number of para-hydroxylation sites is 1. The molecule has 0 amide bonds. The van der Waals surface area contributed by atoms with Gasteiger partial charge >= 0.3 is 0 Å². The van der Waals surface area contributed by atoms with Crippen molar-refractivity contribution in [2.24, 2.45) is 0 Å². The van der Waals surface area contributed by atoms with Crippen LogP contribution in [0.1, 0.15) is 25.5 Å². The van der Waals surface area contributed by atoms with Gasteiger partial charge in [0.15, 0.2) is 0 Å². The van der Waals surface area contributed by atoms with Gasteiger partial charge < -0.3 is 14.8 Å². The third-order valence-electron chi connectivity index (χ3n) is 3.50. The average Bonchev–Trinajstić information content (AvgIpc) is 2.77. The lowest BCUT2D eigenvalue weighted by Crippen LogP contribution is -2.28. The van der Waals surface area contributed by atoms with E-state index in [0.717, 1.165) is 23.8 Å². The Morgan fingerprint density at radius 2 is 1.90 bits per heavy atom. The highest BCUT2D eigenvalue weighted by Gasteiger charge is 2.30. The van der Waals surface area contributed by atoms with E-state index in [1.54, 1.807) is 0 Å². The summed E-state index contributed by atoms with van der Waals surface area (Å²) in [6, 6.07) is 16.1. The number of likely N-dealkylation sites (N-methyl/N-ethyl adjacent to an activating group) is 1. The van der Waals surface area contributed by atoms with Gasteiger partial charge in [-0.05, 0) is 43.8 Å². The number of fused-ring (bicyclic) bond motifs is 1. The van der Waals surface area contributed by atoms with Crippen LogP contribution >= 0.6 is 0 Å². The Morgan fingerprint density at radius 3 is 2.65 bits per heavy atom. The van der Waals surface area contributed by atoms with Crippen LogP contribution in [-0.4, -0.2) is 12.6 Å². The predicted molar refractivity (Wildman–Crippen MR) is 79.5 cm³/mol. The highest BCUT2D eigenvalue weighted by atomic mass is 16.5. The summed E-state index contributed by atoms with van der Waals surface area (Å²) in [5.74, 6) is 2.64. The van der Waals surface area contributed by atoms with E-state index in [1.807, 2.05) is 42.5 Å². The maximum Gasteiger partial charge on any atom is 0.128 e. The lowest BCUT2D eigenvalue weighted by Gasteiger charge is -2.15. The summed E-state index contributed by atoms with van der Waals surface area (Å²) in [7, 11) is 0. The number of benzene rings is 2. The molecule has 0 saturated heterocycles. The third kappa shape index (κ3) is 2.49. The molecular weight excluding hydrogens is 250 g/mol. The van der Waals surface area contributed by atoms with Gasteiger partial charge in [-0.3, -0.25) is 0 Å². The summed E-state index contributed by atoms with van der Waals surface area (Å²) in [6.45, 7) is 5.11. The maximum absolute atomic E-state index is 5.88. The molecule has 1 aliphatic rings. The molecular formula is C17H19NO2. The molecule has 2 unspecified atom stereocenters. The van der Waals surface area contributed by atoms with Gasteiger partial charge in [0.25, 0.3) is 0 Å². The first-order chi connectivity index (χ1) is 9.78. The summed E-state index contributed by atoms with van der Waals surface area (Å²) >= 11 is 0. The van der Waals surface area contributed by atoms with Gasteiger partial charge in [-0.1, -0.05) is 25.1 Å².